The number of aromatic nitrogens is 4. The first-order chi connectivity index (χ1) is 13.5. The van der Waals surface area contributed by atoms with Crippen molar-refractivity contribution in [1.29, 1.82) is 0 Å². The second-order valence-corrected chi connectivity index (χ2v) is 7.62. The zero-order valence-electron chi connectivity index (χ0n) is 16.8. The van der Waals surface area contributed by atoms with Gasteiger partial charge in [0.25, 0.3) is 0 Å². The maximum Gasteiger partial charge on any atom is 0.396 e. The van der Waals surface area contributed by atoms with Crippen LogP contribution >= 0.6 is 11.8 Å². The fourth-order valence-corrected chi connectivity index (χ4v) is 3.03. The molecule has 154 valence electrons. The van der Waals surface area contributed by atoms with E-state index in [2.05, 4.69) is 51.2 Å². The van der Waals surface area contributed by atoms with E-state index in [0.717, 1.165) is 29.9 Å². The van der Waals surface area contributed by atoms with E-state index < -0.39 is 11.9 Å². The van der Waals surface area contributed by atoms with Crippen molar-refractivity contribution in [1.82, 2.24) is 25.1 Å². The first-order valence-corrected chi connectivity index (χ1v) is 10.5. The van der Waals surface area contributed by atoms with E-state index in [-0.39, 0.29) is 13.2 Å². The molecule has 0 aliphatic carbocycles. The molecule has 2 heterocycles. The Morgan fingerprint density at radius 2 is 2.07 bits per heavy atom. The number of carbonyl (C=O) groups is 2. The van der Waals surface area contributed by atoms with Gasteiger partial charge in [-0.15, -0.1) is 0 Å². The van der Waals surface area contributed by atoms with Crippen LogP contribution in [0.1, 0.15) is 34.1 Å². The fraction of sp³-hybridized carbons (Fsp3) is 0.611. The van der Waals surface area contributed by atoms with Gasteiger partial charge in [-0.3, -0.25) is 4.79 Å². The highest BCUT2D eigenvalue weighted by Gasteiger charge is 2.16. The molecular formula is C18H28N6O3S. The van der Waals surface area contributed by atoms with Gasteiger partial charge in [0, 0.05) is 18.8 Å². The monoisotopic (exact) mass is 408 g/mol. The first kappa shape index (κ1) is 21.9. The van der Waals surface area contributed by atoms with Gasteiger partial charge in [-0.25, -0.2) is 19.4 Å². The number of fused-ring (bicyclic) bond motifs is 1. The molecule has 2 aromatic rings. The van der Waals surface area contributed by atoms with Gasteiger partial charge in [-0.1, -0.05) is 32.5 Å². The van der Waals surface area contributed by atoms with Crippen LogP contribution in [0.15, 0.2) is 11.4 Å². The van der Waals surface area contributed by atoms with Crippen LogP contribution in [0.25, 0.3) is 11.0 Å². The van der Waals surface area contributed by atoms with Crippen molar-refractivity contribution in [3.8, 4) is 0 Å². The standard InChI is InChI=1S/C18H28N6O3S/c1-5-9-28-18-22-14(20-10-12(3)4)13-11-21-24(15(13)23-18)8-7-19-16(25)17(26)27-6-2/h11-12H,5-10H2,1-4H3,(H,19,25)(H,20,22,23). The van der Waals surface area contributed by atoms with Crippen molar-refractivity contribution < 1.29 is 14.3 Å². The smallest absolute Gasteiger partial charge is 0.396 e. The average molecular weight is 409 g/mol. The lowest BCUT2D eigenvalue weighted by atomic mass is 10.2. The number of carbonyl (C=O) groups excluding carboxylic acids is 2. The lowest BCUT2D eigenvalue weighted by molar-refractivity contribution is -0.154. The highest BCUT2D eigenvalue weighted by Crippen LogP contribution is 2.25. The Kier molecular flexibility index (Phi) is 8.49. The van der Waals surface area contributed by atoms with Crippen LogP contribution < -0.4 is 10.6 Å². The molecule has 0 fully saturated rings. The molecule has 10 heteroatoms. The molecular weight excluding hydrogens is 380 g/mol. The second-order valence-electron chi connectivity index (χ2n) is 6.56. The van der Waals surface area contributed by atoms with E-state index in [0.29, 0.717) is 23.3 Å². The summed E-state index contributed by atoms with van der Waals surface area (Å²) in [5.41, 5.74) is 0.699. The number of ether oxygens (including phenoxy) is 1. The highest BCUT2D eigenvalue weighted by atomic mass is 32.2. The van der Waals surface area contributed by atoms with Crippen molar-refractivity contribution in [2.75, 3.05) is 30.8 Å². The molecule has 0 saturated heterocycles. The summed E-state index contributed by atoms with van der Waals surface area (Å²) < 4.78 is 6.38. The number of anilines is 1. The number of hydrogen-bond acceptors (Lipinski definition) is 8. The van der Waals surface area contributed by atoms with E-state index in [1.54, 1.807) is 29.6 Å². The van der Waals surface area contributed by atoms with E-state index in [1.807, 2.05) is 0 Å². The molecule has 0 atom stereocenters. The summed E-state index contributed by atoms with van der Waals surface area (Å²) in [4.78, 5) is 32.3. The predicted molar refractivity (Wildman–Crippen MR) is 109 cm³/mol. The topological polar surface area (TPSA) is 111 Å². The summed E-state index contributed by atoms with van der Waals surface area (Å²) in [6.45, 7) is 9.61. The lowest BCUT2D eigenvalue weighted by Gasteiger charge is -2.11. The molecule has 2 rings (SSSR count). The van der Waals surface area contributed by atoms with Crippen molar-refractivity contribution in [2.45, 2.75) is 45.8 Å². The maximum atomic E-state index is 11.6. The van der Waals surface area contributed by atoms with E-state index in [1.165, 1.54) is 0 Å². The molecule has 9 nitrogen and oxygen atoms in total. The number of thioether (sulfide) groups is 1. The van der Waals surface area contributed by atoms with Gasteiger partial charge in [0.05, 0.1) is 24.7 Å². The third-order valence-electron chi connectivity index (χ3n) is 3.66. The van der Waals surface area contributed by atoms with E-state index in [4.69, 9.17) is 0 Å². The second kappa shape index (κ2) is 10.8. The summed E-state index contributed by atoms with van der Waals surface area (Å²) in [6.07, 6.45) is 2.75. The molecule has 0 aromatic carbocycles. The molecule has 0 saturated carbocycles. The van der Waals surface area contributed by atoms with Gasteiger partial charge in [0.2, 0.25) is 0 Å². The number of amides is 1. The third kappa shape index (κ3) is 6.08. The third-order valence-corrected chi connectivity index (χ3v) is 4.71. The van der Waals surface area contributed by atoms with Crippen LogP contribution in [0.3, 0.4) is 0 Å². The minimum Gasteiger partial charge on any atom is -0.459 e. The molecule has 2 N–H and O–H groups in total. The van der Waals surface area contributed by atoms with Crippen LogP contribution in [0.2, 0.25) is 0 Å². The normalized spacial score (nSPS) is 11.0. The Balaban J connectivity index is 2.16. The molecule has 0 aliphatic heterocycles. The summed E-state index contributed by atoms with van der Waals surface area (Å²) in [5.74, 6) is 0.530. The SMILES string of the molecule is CCCSc1nc(NCC(C)C)c2cnn(CCNC(=O)C(=O)OCC)c2n1. The molecule has 0 unspecified atom stereocenters. The Labute approximate surface area is 169 Å². The lowest BCUT2D eigenvalue weighted by Crippen LogP contribution is -2.34. The van der Waals surface area contributed by atoms with Gasteiger partial charge >= 0.3 is 11.9 Å². The minimum absolute atomic E-state index is 0.164. The maximum absolute atomic E-state index is 11.6. The predicted octanol–water partition coefficient (Wildman–Crippen LogP) is 2.08. The Morgan fingerprint density at radius 1 is 1.29 bits per heavy atom. The van der Waals surface area contributed by atoms with Crippen molar-refractivity contribution in [3.63, 3.8) is 0 Å². The molecule has 0 radical (unpaired) electrons. The van der Waals surface area contributed by atoms with Gasteiger partial charge in [-0.2, -0.15) is 5.10 Å². The number of esters is 1. The van der Waals surface area contributed by atoms with Crippen LogP contribution in [-0.4, -0.2) is 57.1 Å². The first-order valence-electron chi connectivity index (χ1n) is 9.51. The van der Waals surface area contributed by atoms with Gasteiger partial charge < -0.3 is 15.4 Å². The number of nitrogens with zero attached hydrogens (tertiary/aromatic N) is 4. The zero-order valence-corrected chi connectivity index (χ0v) is 17.6. The quantitative estimate of drug-likeness (QED) is 0.266. The average Bonchev–Trinajstić information content (AvgIpc) is 3.07. The van der Waals surface area contributed by atoms with Crippen LogP contribution in [0.5, 0.6) is 0 Å². The number of nitrogens with one attached hydrogen (secondary N) is 2. The number of hydrogen-bond donors (Lipinski definition) is 2. The summed E-state index contributed by atoms with van der Waals surface area (Å²) in [6, 6.07) is 0. The zero-order chi connectivity index (χ0) is 20.5. The van der Waals surface area contributed by atoms with Crippen molar-refractivity contribution in [2.24, 2.45) is 5.92 Å². The van der Waals surface area contributed by atoms with E-state index >= 15 is 0 Å². The molecule has 0 spiro atoms. The summed E-state index contributed by atoms with van der Waals surface area (Å²) in [5, 5.41) is 11.8. The van der Waals surface area contributed by atoms with Gasteiger partial charge in [-0.05, 0) is 19.3 Å². The van der Waals surface area contributed by atoms with E-state index in [9.17, 15) is 9.59 Å². The van der Waals surface area contributed by atoms with Crippen LogP contribution in [0.4, 0.5) is 5.82 Å². The van der Waals surface area contributed by atoms with Gasteiger partial charge in [0.1, 0.15) is 5.82 Å². The molecule has 0 bridgehead atoms. The molecule has 0 aliphatic rings. The highest BCUT2D eigenvalue weighted by molar-refractivity contribution is 7.99. The van der Waals surface area contributed by atoms with Crippen LogP contribution in [-0.2, 0) is 20.9 Å². The molecule has 28 heavy (non-hydrogen) atoms. The van der Waals surface area contributed by atoms with Gasteiger partial charge in [0.15, 0.2) is 10.8 Å². The molecule has 2 aromatic heterocycles. The largest absolute Gasteiger partial charge is 0.459 e. The van der Waals surface area contributed by atoms with Crippen molar-refractivity contribution in [3.05, 3.63) is 6.20 Å². The summed E-state index contributed by atoms with van der Waals surface area (Å²) >= 11 is 1.60. The Hall–Kier alpha value is -2.36. The Bertz CT molecular complexity index is 808. The fourth-order valence-electron chi connectivity index (χ4n) is 2.34. The van der Waals surface area contributed by atoms with Crippen LogP contribution in [0, 0.1) is 5.92 Å². The minimum atomic E-state index is -0.881. The summed E-state index contributed by atoms with van der Waals surface area (Å²) in [7, 11) is 0. The number of rotatable bonds is 10. The Morgan fingerprint density at radius 3 is 2.75 bits per heavy atom. The van der Waals surface area contributed by atoms with Crippen molar-refractivity contribution >= 4 is 40.5 Å². The molecule has 1 amide bonds.